The fourth-order valence-electron chi connectivity index (χ4n) is 3.08. The summed E-state index contributed by atoms with van der Waals surface area (Å²) >= 11 is 1.83. The van der Waals surface area contributed by atoms with Crippen molar-refractivity contribution in [2.45, 2.75) is 24.8 Å². The van der Waals surface area contributed by atoms with Crippen LogP contribution in [0.1, 0.15) is 19.8 Å². The van der Waals surface area contributed by atoms with E-state index < -0.39 is 0 Å². The number of unbranched alkanes of at least 4 members (excludes halogenated alkanes) is 1. The van der Waals surface area contributed by atoms with E-state index in [2.05, 4.69) is 76.2 Å². The minimum Gasteiger partial charge on any atom is -0.301 e. The largest absolute Gasteiger partial charge is 0.301 e. The minimum atomic E-state index is 0.962. The van der Waals surface area contributed by atoms with Gasteiger partial charge in [0.2, 0.25) is 0 Å². The molecule has 4 heteroatoms. The number of hydrogen-bond acceptors (Lipinski definition) is 3. The van der Waals surface area contributed by atoms with Crippen molar-refractivity contribution >= 4 is 22.8 Å². The van der Waals surface area contributed by atoms with E-state index in [1.54, 1.807) is 6.33 Å². The number of hydrogen-bond donors (Lipinski definition) is 0. The van der Waals surface area contributed by atoms with E-state index in [4.69, 9.17) is 0 Å². The highest BCUT2D eigenvalue weighted by Gasteiger charge is 2.17. The molecule has 0 radical (unpaired) electrons. The number of benzene rings is 2. The van der Waals surface area contributed by atoms with E-state index in [0.717, 1.165) is 27.5 Å². The predicted molar refractivity (Wildman–Crippen MR) is 110 cm³/mol. The Hall–Kier alpha value is -2.59. The van der Waals surface area contributed by atoms with Gasteiger partial charge in [0.15, 0.2) is 0 Å². The van der Waals surface area contributed by atoms with Gasteiger partial charge in [0.05, 0.1) is 5.39 Å². The van der Waals surface area contributed by atoms with E-state index in [1.165, 1.54) is 24.0 Å². The lowest BCUT2D eigenvalue weighted by molar-refractivity contribution is 0.894. The summed E-state index contributed by atoms with van der Waals surface area (Å²) in [5.41, 5.74) is 4.45. The summed E-state index contributed by atoms with van der Waals surface area (Å²) in [6, 6.07) is 20.9. The lowest BCUT2D eigenvalue weighted by atomic mass is 10.1. The molecule has 4 rings (SSSR count). The second-order valence-electron chi connectivity index (χ2n) is 6.19. The second-order valence-corrected chi connectivity index (χ2v) is 7.28. The molecule has 0 unspecified atom stereocenters. The van der Waals surface area contributed by atoms with Crippen LogP contribution in [-0.4, -0.2) is 20.3 Å². The topological polar surface area (TPSA) is 30.7 Å². The van der Waals surface area contributed by atoms with Crippen LogP contribution < -0.4 is 0 Å². The van der Waals surface area contributed by atoms with Crippen LogP contribution in [0, 0.1) is 0 Å². The maximum Gasteiger partial charge on any atom is 0.149 e. The first-order valence-electron chi connectivity index (χ1n) is 8.98. The Morgan fingerprint density at radius 3 is 2.38 bits per heavy atom. The van der Waals surface area contributed by atoms with E-state index in [9.17, 15) is 0 Å². The van der Waals surface area contributed by atoms with Gasteiger partial charge in [-0.3, -0.25) is 0 Å². The van der Waals surface area contributed by atoms with Crippen LogP contribution in [-0.2, 0) is 0 Å². The Labute approximate surface area is 158 Å². The zero-order chi connectivity index (χ0) is 17.8. The maximum absolute atomic E-state index is 4.63. The summed E-state index contributed by atoms with van der Waals surface area (Å²) in [6.07, 6.45) is 6.26. The molecule has 26 heavy (non-hydrogen) atoms. The molecule has 3 nitrogen and oxygen atoms in total. The molecule has 2 aromatic carbocycles. The third kappa shape index (κ3) is 3.25. The Morgan fingerprint density at radius 2 is 1.65 bits per heavy atom. The molecule has 2 heterocycles. The molecular weight excluding hydrogens is 338 g/mol. The highest BCUT2D eigenvalue weighted by atomic mass is 32.2. The van der Waals surface area contributed by atoms with Gasteiger partial charge < -0.3 is 4.57 Å². The highest BCUT2D eigenvalue weighted by molar-refractivity contribution is 7.99. The van der Waals surface area contributed by atoms with Crippen LogP contribution in [0.25, 0.3) is 27.8 Å². The van der Waals surface area contributed by atoms with E-state index in [1.807, 2.05) is 23.9 Å². The van der Waals surface area contributed by atoms with Gasteiger partial charge in [-0.05, 0) is 29.9 Å². The Kier molecular flexibility index (Phi) is 5.02. The summed E-state index contributed by atoms with van der Waals surface area (Å²) in [6.45, 7) is 2.22. The molecular formula is C22H21N3S. The molecule has 0 atom stereocenters. The van der Waals surface area contributed by atoms with Crippen LogP contribution in [0.4, 0.5) is 0 Å². The predicted octanol–water partition coefficient (Wildman–Crippen LogP) is 5.98. The molecule has 0 N–H and O–H groups in total. The third-order valence-corrected chi connectivity index (χ3v) is 5.48. The molecule has 0 amide bonds. The van der Waals surface area contributed by atoms with Crippen molar-refractivity contribution in [3.8, 4) is 16.8 Å². The van der Waals surface area contributed by atoms with Crippen molar-refractivity contribution < 1.29 is 0 Å². The molecule has 2 aromatic heterocycles. The fraction of sp³-hybridized carbons (Fsp3) is 0.182. The summed E-state index contributed by atoms with van der Waals surface area (Å²) in [4.78, 5) is 9.24. The molecule has 0 bridgehead atoms. The zero-order valence-electron chi connectivity index (χ0n) is 14.8. The van der Waals surface area contributed by atoms with Gasteiger partial charge in [0.25, 0.3) is 0 Å². The van der Waals surface area contributed by atoms with Gasteiger partial charge >= 0.3 is 0 Å². The van der Waals surface area contributed by atoms with E-state index in [-0.39, 0.29) is 0 Å². The van der Waals surface area contributed by atoms with Crippen LogP contribution in [0.5, 0.6) is 0 Å². The number of rotatable bonds is 6. The summed E-state index contributed by atoms with van der Waals surface area (Å²) in [5.74, 6) is 1.08. The van der Waals surface area contributed by atoms with Crippen LogP contribution in [0.15, 0.2) is 78.2 Å². The van der Waals surface area contributed by atoms with Crippen LogP contribution in [0.2, 0.25) is 0 Å². The van der Waals surface area contributed by atoms with Gasteiger partial charge in [-0.1, -0.05) is 61.9 Å². The van der Waals surface area contributed by atoms with Crippen molar-refractivity contribution in [2.75, 3.05) is 5.75 Å². The highest BCUT2D eigenvalue weighted by Crippen LogP contribution is 2.36. The van der Waals surface area contributed by atoms with Crippen molar-refractivity contribution in [1.29, 1.82) is 0 Å². The molecule has 0 saturated heterocycles. The SMILES string of the molecule is CCCCSc1ncnc2c1c(-c1ccccc1)cn2-c1ccccc1. The molecule has 130 valence electrons. The van der Waals surface area contributed by atoms with Gasteiger partial charge in [-0.25, -0.2) is 9.97 Å². The average Bonchev–Trinajstić information content (AvgIpc) is 3.10. The standard InChI is InChI=1S/C22H21N3S/c1-2-3-14-26-22-20-19(17-10-6-4-7-11-17)15-25(21(20)23-16-24-22)18-12-8-5-9-13-18/h4-13,15-16H,2-3,14H2,1H3. The number of nitrogens with zero attached hydrogens (tertiary/aromatic N) is 3. The van der Waals surface area contributed by atoms with Gasteiger partial charge in [0.1, 0.15) is 17.0 Å². The first kappa shape index (κ1) is 16.9. The van der Waals surface area contributed by atoms with Crippen molar-refractivity contribution in [2.24, 2.45) is 0 Å². The molecule has 0 saturated carbocycles. The lowest BCUT2D eigenvalue weighted by Crippen LogP contribution is -1.94. The van der Waals surface area contributed by atoms with Crippen LogP contribution in [0.3, 0.4) is 0 Å². The van der Waals surface area contributed by atoms with E-state index in [0.29, 0.717) is 0 Å². The first-order chi connectivity index (χ1) is 12.9. The Morgan fingerprint density at radius 1 is 0.923 bits per heavy atom. The lowest BCUT2D eigenvalue weighted by Gasteiger charge is -2.06. The molecule has 0 aliphatic heterocycles. The number of thioether (sulfide) groups is 1. The monoisotopic (exact) mass is 359 g/mol. The van der Waals surface area contributed by atoms with Gasteiger partial charge in [0, 0.05) is 17.4 Å². The Balaban J connectivity index is 1.93. The third-order valence-electron chi connectivity index (χ3n) is 4.40. The number of aromatic nitrogens is 3. The van der Waals surface area contributed by atoms with Crippen LogP contribution >= 0.6 is 11.8 Å². The molecule has 0 aliphatic rings. The van der Waals surface area contributed by atoms with Gasteiger partial charge in [-0.2, -0.15) is 0 Å². The maximum atomic E-state index is 4.63. The van der Waals surface area contributed by atoms with Gasteiger partial charge in [-0.15, -0.1) is 11.8 Å². The van der Waals surface area contributed by atoms with Crippen molar-refractivity contribution in [1.82, 2.24) is 14.5 Å². The fourth-order valence-corrected chi connectivity index (χ4v) is 4.17. The summed E-state index contributed by atoms with van der Waals surface area (Å²) in [7, 11) is 0. The van der Waals surface area contributed by atoms with Crippen molar-refractivity contribution in [3.63, 3.8) is 0 Å². The van der Waals surface area contributed by atoms with Crippen molar-refractivity contribution in [3.05, 3.63) is 73.2 Å². The molecule has 4 aromatic rings. The normalized spacial score (nSPS) is 11.1. The molecule has 0 fully saturated rings. The molecule has 0 aliphatic carbocycles. The number of fused-ring (bicyclic) bond motifs is 1. The minimum absolute atomic E-state index is 0.962. The quantitative estimate of drug-likeness (QED) is 0.241. The average molecular weight is 359 g/mol. The smallest absolute Gasteiger partial charge is 0.149 e. The Bertz CT molecular complexity index is 994. The zero-order valence-corrected chi connectivity index (χ0v) is 15.6. The summed E-state index contributed by atoms with van der Waals surface area (Å²) in [5, 5.41) is 2.21. The molecule has 0 spiro atoms. The van der Waals surface area contributed by atoms with E-state index >= 15 is 0 Å². The first-order valence-corrected chi connectivity index (χ1v) is 9.96. The number of para-hydroxylation sites is 1. The summed E-state index contributed by atoms with van der Waals surface area (Å²) < 4.78 is 2.17. The second kappa shape index (κ2) is 7.75.